The number of nitrogens with zero attached hydrogens (tertiary/aromatic N) is 1. The number of benzene rings is 2. The van der Waals surface area contributed by atoms with E-state index in [0.717, 1.165) is 11.8 Å². The van der Waals surface area contributed by atoms with Crippen molar-refractivity contribution in [1.82, 2.24) is 10.2 Å². The average Bonchev–Trinajstić information content (AvgIpc) is 2.82. The van der Waals surface area contributed by atoms with E-state index in [9.17, 15) is 4.79 Å². The van der Waals surface area contributed by atoms with Crippen LogP contribution in [0.25, 0.3) is 0 Å². The summed E-state index contributed by atoms with van der Waals surface area (Å²) in [6.07, 6.45) is 7.81. The van der Waals surface area contributed by atoms with Gasteiger partial charge in [0.1, 0.15) is 0 Å². The van der Waals surface area contributed by atoms with E-state index in [1.54, 1.807) is 0 Å². The summed E-state index contributed by atoms with van der Waals surface area (Å²) in [6, 6.07) is 21.7. The summed E-state index contributed by atoms with van der Waals surface area (Å²) < 4.78 is 0. The first-order valence-electron chi connectivity index (χ1n) is 12.3. The lowest BCUT2D eigenvalue weighted by molar-refractivity contribution is -0.109. The summed E-state index contributed by atoms with van der Waals surface area (Å²) in [5.41, 5.74) is 4.20. The molecule has 0 aromatic heterocycles. The van der Waals surface area contributed by atoms with Crippen LogP contribution >= 0.6 is 11.6 Å². The normalized spacial score (nSPS) is 16.6. The Morgan fingerprint density at radius 3 is 1.64 bits per heavy atom. The van der Waals surface area contributed by atoms with Gasteiger partial charge in [-0.2, -0.15) is 0 Å². The summed E-state index contributed by atoms with van der Waals surface area (Å²) in [7, 11) is 0. The Hall–Kier alpha value is -2.10. The highest BCUT2D eigenvalue weighted by Crippen LogP contribution is 2.23. The van der Waals surface area contributed by atoms with Gasteiger partial charge in [0, 0.05) is 25.7 Å². The van der Waals surface area contributed by atoms with Gasteiger partial charge in [0.2, 0.25) is 5.24 Å². The molecule has 4 rings (SSSR count). The molecule has 2 fully saturated rings. The largest absolute Gasteiger partial charge is 0.376 e. The van der Waals surface area contributed by atoms with E-state index < -0.39 is 0 Å². The van der Waals surface area contributed by atoms with Gasteiger partial charge in [-0.1, -0.05) is 67.2 Å². The summed E-state index contributed by atoms with van der Waals surface area (Å²) in [5, 5.41) is 3.04. The van der Waals surface area contributed by atoms with Crippen molar-refractivity contribution in [2.75, 3.05) is 26.2 Å². The fourth-order valence-corrected chi connectivity index (χ4v) is 4.50. The van der Waals surface area contributed by atoms with Crippen LogP contribution < -0.4 is 5.32 Å². The molecule has 0 amide bonds. The van der Waals surface area contributed by atoms with E-state index in [0.29, 0.717) is 0 Å². The molecule has 2 saturated heterocycles. The second kappa shape index (κ2) is 15.7. The highest BCUT2D eigenvalue weighted by Gasteiger charge is 2.18. The summed E-state index contributed by atoms with van der Waals surface area (Å²) in [6.45, 7) is 12.2. The smallest absolute Gasteiger partial charge is 0.218 e. The Balaban J connectivity index is 0.000000204. The van der Waals surface area contributed by atoms with Crippen LogP contribution in [0.2, 0.25) is 0 Å². The molecule has 2 aromatic carbocycles. The van der Waals surface area contributed by atoms with Gasteiger partial charge in [-0.15, -0.1) is 0 Å². The maximum Gasteiger partial charge on any atom is 0.218 e. The Labute approximate surface area is 206 Å². The zero-order valence-electron chi connectivity index (χ0n) is 20.4. The molecule has 0 aliphatic carbocycles. The van der Waals surface area contributed by atoms with Crippen LogP contribution in [-0.4, -0.2) is 36.3 Å². The molecule has 2 heterocycles. The zero-order valence-corrected chi connectivity index (χ0v) is 21.2. The molecular formula is C29H41ClN2O. The van der Waals surface area contributed by atoms with Crippen LogP contribution in [0.4, 0.5) is 0 Å². The highest BCUT2D eigenvalue weighted by molar-refractivity contribution is 6.62. The van der Waals surface area contributed by atoms with Crippen molar-refractivity contribution in [3.63, 3.8) is 0 Å². The van der Waals surface area contributed by atoms with Crippen LogP contribution in [0.15, 0.2) is 72.9 Å². The third-order valence-corrected chi connectivity index (χ3v) is 6.35. The topological polar surface area (TPSA) is 32.3 Å². The second-order valence-corrected chi connectivity index (χ2v) is 9.74. The summed E-state index contributed by atoms with van der Waals surface area (Å²) in [5.74, 6) is 1.77. The molecule has 0 unspecified atom stereocenters. The van der Waals surface area contributed by atoms with Crippen LogP contribution in [0, 0.1) is 11.8 Å². The molecule has 0 saturated carbocycles. The van der Waals surface area contributed by atoms with E-state index >= 15 is 0 Å². The van der Waals surface area contributed by atoms with Crippen LogP contribution in [0.3, 0.4) is 0 Å². The molecule has 33 heavy (non-hydrogen) atoms. The number of rotatable bonds is 5. The van der Waals surface area contributed by atoms with Crippen molar-refractivity contribution >= 4 is 16.8 Å². The molecule has 4 heteroatoms. The quantitative estimate of drug-likeness (QED) is 0.510. The fraction of sp³-hybridized carbons (Fsp3) is 0.483. The van der Waals surface area contributed by atoms with Gasteiger partial charge < -0.3 is 10.2 Å². The van der Waals surface area contributed by atoms with Gasteiger partial charge in [0.05, 0.1) is 0 Å². The molecule has 0 spiro atoms. The monoisotopic (exact) mass is 468 g/mol. The van der Waals surface area contributed by atoms with E-state index in [-0.39, 0.29) is 5.24 Å². The summed E-state index contributed by atoms with van der Waals surface area (Å²) >= 11 is 4.64. The Morgan fingerprint density at radius 2 is 1.24 bits per heavy atom. The molecule has 2 aromatic rings. The minimum absolute atomic E-state index is 0.361. The summed E-state index contributed by atoms with van der Waals surface area (Å²) in [4.78, 5) is 11.6. The standard InChI is InChI=1S/C15H21N.C12H17N.C2H3ClO/c1-13(2)16-10-8-15(9-11-16)12-14-6-4-3-5-7-14;1-2-4-11(5-3-1)10-12-6-8-13-9-7-12;1-2(3)4/h3-7,15H,1,8-12H2,2H3;1-5,12-13H,6-10H2;1H3. The number of carbonyl (C=O) groups excluding carboxylic acids is 1. The maximum absolute atomic E-state index is 9.21. The molecule has 3 nitrogen and oxygen atoms in total. The van der Waals surface area contributed by atoms with Gasteiger partial charge in [-0.05, 0) is 93.1 Å². The van der Waals surface area contributed by atoms with Crippen molar-refractivity contribution < 1.29 is 4.79 Å². The number of hydrogen-bond donors (Lipinski definition) is 1. The van der Waals surface area contributed by atoms with Gasteiger partial charge in [-0.3, -0.25) is 4.79 Å². The lowest BCUT2D eigenvalue weighted by Crippen LogP contribution is -2.32. The molecule has 0 radical (unpaired) electrons. The number of carbonyl (C=O) groups is 1. The lowest BCUT2D eigenvalue weighted by atomic mass is 9.90. The SMILES string of the molecule is C=C(C)N1CCC(Cc2ccccc2)CC1.CC(=O)Cl.c1ccc(CC2CCNCC2)cc1. The fourth-order valence-electron chi connectivity index (χ4n) is 4.50. The van der Waals surface area contributed by atoms with Gasteiger partial charge in [0.25, 0.3) is 0 Å². The highest BCUT2D eigenvalue weighted by atomic mass is 35.5. The maximum atomic E-state index is 9.21. The lowest BCUT2D eigenvalue weighted by Gasteiger charge is -2.33. The van der Waals surface area contributed by atoms with Crippen molar-refractivity contribution in [3.05, 3.63) is 84.1 Å². The number of nitrogens with one attached hydrogen (secondary N) is 1. The number of halogens is 1. The molecular weight excluding hydrogens is 428 g/mol. The minimum atomic E-state index is -0.361. The minimum Gasteiger partial charge on any atom is -0.376 e. The van der Waals surface area contributed by atoms with E-state index in [1.165, 1.54) is 88.5 Å². The van der Waals surface area contributed by atoms with Crippen LogP contribution in [0.5, 0.6) is 0 Å². The third-order valence-electron chi connectivity index (χ3n) is 6.35. The van der Waals surface area contributed by atoms with Crippen molar-refractivity contribution in [2.45, 2.75) is 52.4 Å². The van der Waals surface area contributed by atoms with Crippen LogP contribution in [-0.2, 0) is 17.6 Å². The second-order valence-electron chi connectivity index (χ2n) is 9.21. The molecule has 2 aliphatic heterocycles. The van der Waals surface area contributed by atoms with Crippen molar-refractivity contribution in [1.29, 1.82) is 0 Å². The van der Waals surface area contributed by atoms with E-state index in [4.69, 9.17) is 0 Å². The van der Waals surface area contributed by atoms with Crippen LogP contribution in [0.1, 0.15) is 50.7 Å². The first-order chi connectivity index (χ1) is 15.9. The van der Waals surface area contributed by atoms with E-state index in [2.05, 4.69) is 96.0 Å². The third kappa shape index (κ3) is 12.1. The molecule has 0 atom stereocenters. The Kier molecular flexibility index (Phi) is 12.9. The number of piperidine rings is 2. The predicted octanol–water partition coefficient (Wildman–Crippen LogP) is 6.48. The molecule has 0 bridgehead atoms. The first kappa shape index (κ1) is 27.1. The average molecular weight is 469 g/mol. The number of hydrogen-bond acceptors (Lipinski definition) is 3. The Bertz CT molecular complexity index is 791. The predicted molar refractivity (Wildman–Crippen MR) is 142 cm³/mol. The van der Waals surface area contributed by atoms with Gasteiger partial charge in [0.15, 0.2) is 0 Å². The van der Waals surface area contributed by atoms with Gasteiger partial charge in [-0.25, -0.2) is 0 Å². The molecule has 180 valence electrons. The van der Waals surface area contributed by atoms with Crippen molar-refractivity contribution in [3.8, 4) is 0 Å². The number of likely N-dealkylation sites (tertiary alicyclic amines) is 1. The number of allylic oxidation sites excluding steroid dienone is 1. The first-order valence-corrected chi connectivity index (χ1v) is 12.7. The molecule has 2 aliphatic rings. The van der Waals surface area contributed by atoms with Gasteiger partial charge >= 0.3 is 0 Å². The molecule has 1 N–H and O–H groups in total. The zero-order chi connectivity index (χ0) is 23.9. The van der Waals surface area contributed by atoms with E-state index in [1.807, 2.05) is 0 Å². The van der Waals surface area contributed by atoms with Crippen molar-refractivity contribution in [2.24, 2.45) is 11.8 Å². The Morgan fingerprint density at radius 1 is 0.848 bits per heavy atom.